The molecule has 0 aliphatic carbocycles. The molecule has 0 atom stereocenters. The summed E-state index contributed by atoms with van der Waals surface area (Å²) >= 11 is 1.44. The van der Waals surface area contributed by atoms with Gasteiger partial charge in [0.25, 0.3) is 0 Å². The zero-order chi connectivity index (χ0) is 15.2. The minimum Gasteiger partial charge on any atom is -0.294 e. The number of hydrogen-bond donors (Lipinski definition) is 1. The highest BCUT2D eigenvalue weighted by Gasteiger charge is 2.09. The van der Waals surface area contributed by atoms with Crippen molar-refractivity contribution in [1.29, 1.82) is 0 Å². The number of aromatic amines is 1. The van der Waals surface area contributed by atoms with Crippen LogP contribution in [0.1, 0.15) is 30.1 Å². The molecule has 0 spiro atoms. The van der Waals surface area contributed by atoms with Gasteiger partial charge >= 0.3 is 5.69 Å². The minimum atomic E-state index is -0.349. The molecule has 21 heavy (non-hydrogen) atoms. The molecule has 5 nitrogen and oxygen atoms in total. The molecule has 1 aromatic heterocycles. The maximum absolute atomic E-state index is 12.8. The number of hydrogen-bond acceptors (Lipinski definition) is 4. The van der Waals surface area contributed by atoms with Crippen molar-refractivity contribution in [2.75, 3.05) is 5.75 Å². The number of nitrogens with zero attached hydrogens (tertiary/aromatic N) is 2. The Morgan fingerprint density at radius 3 is 2.76 bits per heavy atom. The molecule has 0 bridgehead atoms. The highest BCUT2D eigenvalue weighted by molar-refractivity contribution is 7.99. The van der Waals surface area contributed by atoms with E-state index in [2.05, 4.69) is 10.2 Å². The van der Waals surface area contributed by atoms with E-state index < -0.39 is 0 Å². The first-order valence-corrected chi connectivity index (χ1v) is 7.67. The van der Waals surface area contributed by atoms with E-state index in [-0.39, 0.29) is 17.3 Å². The molecule has 0 unspecified atom stereocenters. The molecule has 2 rings (SSSR count). The highest BCUT2D eigenvalue weighted by Crippen LogP contribution is 2.16. The van der Waals surface area contributed by atoms with Crippen LogP contribution in [0.2, 0.25) is 0 Å². The van der Waals surface area contributed by atoms with Gasteiger partial charge in [0.1, 0.15) is 5.82 Å². The van der Waals surface area contributed by atoms with Crippen LogP contribution in [-0.4, -0.2) is 26.3 Å². The van der Waals surface area contributed by atoms with Gasteiger partial charge in [-0.1, -0.05) is 11.8 Å². The fourth-order valence-corrected chi connectivity index (χ4v) is 2.82. The van der Waals surface area contributed by atoms with E-state index in [0.29, 0.717) is 35.9 Å². The summed E-state index contributed by atoms with van der Waals surface area (Å²) in [6.45, 7) is 2.44. The van der Waals surface area contributed by atoms with E-state index in [4.69, 9.17) is 0 Å². The number of thioether (sulfide) groups is 1. The van der Waals surface area contributed by atoms with Crippen LogP contribution < -0.4 is 5.69 Å². The number of Topliss-reactive ketones (excluding diaryl/α,β-unsaturated/α-hetero) is 1. The Balaban J connectivity index is 1.80. The number of nitrogens with one attached hydrogen (secondary N) is 1. The number of rotatable bonds is 7. The molecule has 0 aliphatic rings. The van der Waals surface area contributed by atoms with Crippen molar-refractivity contribution in [2.24, 2.45) is 0 Å². The van der Waals surface area contributed by atoms with Crippen molar-refractivity contribution in [3.63, 3.8) is 0 Å². The molecule has 0 saturated heterocycles. The third kappa shape index (κ3) is 4.04. The number of benzene rings is 1. The smallest absolute Gasteiger partial charge is 0.294 e. The van der Waals surface area contributed by atoms with Crippen molar-refractivity contribution in [3.05, 3.63) is 46.1 Å². The number of carbonyl (C=O) groups excluding carboxylic acids is 1. The van der Waals surface area contributed by atoms with Crippen LogP contribution in [0, 0.1) is 5.82 Å². The average Bonchev–Trinajstić information content (AvgIpc) is 2.84. The molecule has 0 saturated carbocycles. The molecular weight excluding hydrogens is 293 g/mol. The van der Waals surface area contributed by atoms with Crippen LogP contribution in [0.25, 0.3) is 0 Å². The van der Waals surface area contributed by atoms with Gasteiger partial charge in [-0.3, -0.25) is 9.36 Å². The molecule has 1 aromatic carbocycles. The Morgan fingerprint density at radius 1 is 1.38 bits per heavy atom. The standard InChI is InChI=1S/C14H16FN3O2S/c1-2-18-13(20)16-17-14(18)21-9-3-4-12(19)10-5-7-11(15)8-6-10/h5-8H,2-4,9H2,1H3,(H,16,20). The fourth-order valence-electron chi connectivity index (χ4n) is 1.87. The Hall–Kier alpha value is -1.89. The van der Waals surface area contributed by atoms with Gasteiger partial charge in [-0.15, -0.1) is 5.10 Å². The lowest BCUT2D eigenvalue weighted by Crippen LogP contribution is -2.16. The van der Waals surface area contributed by atoms with Gasteiger partial charge in [-0.2, -0.15) is 0 Å². The number of halogens is 1. The monoisotopic (exact) mass is 309 g/mol. The van der Waals surface area contributed by atoms with Crippen molar-refractivity contribution in [3.8, 4) is 0 Å². The summed E-state index contributed by atoms with van der Waals surface area (Å²) in [7, 11) is 0. The Bertz CT molecular complexity index is 664. The lowest BCUT2D eigenvalue weighted by atomic mass is 10.1. The molecule has 2 aromatic rings. The lowest BCUT2D eigenvalue weighted by molar-refractivity contribution is 0.0982. The Kier molecular flexibility index (Phi) is 5.32. The van der Waals surface area contributed by atoms with Gasteiger partial charge in [-0.05, 0) is 37.6 Å². The molecule has 1 heterocycles. The van der Waals surface area contributed by atoms with Crippen LogP contribution in [0.5, 0.6) is 0 Å². The molecular formula is C14H16FN3O2S. The van der Waals surface area contributed by atoms with Gasteiger partial charge in [0.15, 0.2) is 10.9 Å². The summed E-state index contributed by atoms with van der Waals surface area (Å²) in [6, 6.07) is 5.55. The van der Waals surface area contributed by atoms with E-state index in [1.807, 2.05) is 6.92 Å². The van der Waals surface area contributed by atoms with Gasteiger partial charge in [0, 0.05) is 24.3 Å². The molecule has 112 valence electrons. The van der Waals surface area contributed by atoms with Gasteiger partial charge in [0.2, 0.25) is 0 Å². The normalized spacial score (nSPS) is 10.8. The third-order valence-electron chi connectivity index (χ3n) is 2.99. The van der Waals surface area contributed by atoms with Gasteiger partial charge in [-0.25, -0.2) is 14.3 Å². The predicted octanol–water partition coefficient (Wildman–Crippen LogP) is 2.49. The zero-order valence-corrected chi connectivity index (χ0v) is 12.5. The van der Waals surface area contributed by atoms with Crippen LogP contribution in [-0.2, 0) is 6.54 Å². The summed E-state index contributed by atoms with van der Waals surface area (Å²) in [6.07, 6.45) is 1.06. The summed E-state index contributed by atoms with van der Waals surface area (Å²) in [5.41, 5.74) is 0.300. The van der Waals surface area contributed by atoms with E-state index in [0.717, 1.165) is 0 Å². The van der Waals surface area contributed by atoms with Crippen molar-refractivity contribution >= 4 is 17.5 Å². The average molecular weight is 309 g/mol. The summed E-state index contributed by atoms with van der Waals surface area (Å²) in [4.78, 5) is 23.3. The second-order valence-corrected chi connectivity index (χ2v) is 5.50. The maximum atomic E-state index is 12.8. The zero-order valence-electron chi connectivity index (χ0n) is 11.6. The number of aromatic nitrogens is 3. The molecule has 7 heteroatoms. The quantitative estimate of drug-likeness (QED) is 0.485. The Labute approximate surface area is 125 Å². The van der Waals surface area contributed by atoms with Crippen molar-refractivity contribution in [2.45, 2.75) is 31.5 Å². The summed E-state index contributed by atoms with van der Waals surface area (Å²) < 4.78 is 14.3. The first-order chi connectivity index (χ1) is 10.1. The van der Waals surface area contributed by atoms with Crippen molar-refractivity contribution in [1.82, 2.24) is 14.8 Å². The fraction of sp³-hybridized carbons (Fsp3) is 0.357. The lowest BCUT2D eigenvalue weighted by Gasteiger charge is -2.03. The molecule has 1 N–H and O–H groups in total. The van der Waals surface area contributed by atoms with E-state index in [1.165, 1.54) is 36.0 Å². The van der Waals surface area contributed by atoms with Crippen LogP contribution in [0.3, 0.4) is 0 Å². The van der Waals surface area contributed by atoms with E-state index >= 15 is 0 Å². The molecule has 0 amide bonds. The second kappa shape index (κ2) is 7.21. The highest BCUT2D eigenvalue weighted by atomic mass is 32.2. The molecule has 0 radical (unpaired) electrons. The van der Waals surface area contributed by atoms with Gasteiger partial charge < -0.3 is 0 Å². The SMILES string of the molecule is CCn1c(SCCCC(=O)c2ccc(F)cc2)n[nH]c1=O. The van der Waals surface area contributed by atoms with Crippen LogP contribution >= 0.6 is 11.8 Å². The van der Waals surface area contributed by atoms with Crippen LogP contribution in [0.4, 0.5) is 4.39 Å². The largest absolute Gasteiger partial charge is 0.343 e. The van der Waals surface area contributed by atoms with Crippen molar-refractivity contribution < 1.29 is 9.18 Å². The molecule has 0 aliphatic heterocycles. The third-order valence-corrected chi connectivity index (χ3v) is 4.05. The molecule has 0 fully saturated rings. The van der Waals surface area contributed by atoms with Gasteiger partial charge in [0.05, 0.1) is 0 Å². The van der Waals surface area contributed by atoms with E-state index in [9.17, 15) is 14.0 Å². The maximum Gasteiger partial charge on any atom is 0.343 e. The number of carbonyl (C=O) groups is 1. The topological polar surface area (TPSA) is 67.8 Å². The number of ketones is 1. The van der Waals surface area contributed by atoms with Crippen LogP contribution in [0.15, 0.2) is 34.2 Å². The second-order valence-electron chi connectivity index (χ2n) is 4.44. The predicted molar refractivity (Wildman–Crippen MR) is 79.2 cm³/mol. The van der Waals surface area contributed by atoms with E-state index in [1.54, 1.807) is 4.57 Å². The first-order valence-electron chi connectivity index (χ1n) is 6.68. The summed E-state index contributed by atoms with van der Waals surface area (Å²) in [5.74, 6) is 0.334. The first kappa shape index (κ1) is 15.5. The number of H-pyrrole nitrogens is 1. The Morgan fingerprint density at radius 2 is 2.10 bits per heavy atom. The minimum absolute atomic E-state index is 0.00879. The summed E-state index contributed by atoms with van der Waals surface area (Å²) in [5, 5.41) is 6.97.